The van der Waals surface area contributed by atoms with E-state index in [1.54, 1.807) is 0 Å². The monoisotopic (exact) mass is 338 g/mol. The summed E-state index contributed by atoms with van der Waals surface area (Å²) in [6.45, 7) is 0.338. The van der Waals surface area contributed by atoms with E-state index in [0.717, 1.165) is 12.8 Å². The first kappa shape index (κ1) is 15.9. The van der Waals surface area contributed by atoms with Gasteiger partial charge in [-0.1, -0.05) is 23.2 Å². The quantitative estimate of drug-likeness (QED) is 0.692. The average molecular weight is 339 g/mol. The SMILES string of the molecule is Nc1c(Cl)ccc(S(=O)(=O)NCC2(CCO)CC2)c1Cl. The predicted octanol–water partition coefficient (Wildman–Crippen LogP) is 2.02. The summed E-state index contributed by atoms with van der Waals surface area (Å²) >= 11 is 11.7. The van der Waals surface area contributed by atoms with Crippen LogP contribution >= 0.6 is 23.2 Å². The van der Waals surface area contributed by atoms with E-state index in [2.05, 4.69) is 4.72 Å². The Labute approximate surface area is 128 Å². The van der Waals surface area contributed by atoms with Crippen molar-refractivity contribution in [2.24, 2.45) is 5.41 Å². The van der Waals surface area contributed by atoms with Gasteiger partial charge < -0.3 is 10.8 Å². The van der Waals surface area contributed by atoms with Gasteiger partial charge in [-0.2, -0.15) is 0 Å². The molecule has 0 radical (unpaired) electrons. The molecule has 20 heavy (non-hydrogen) atoms. The standard InChI is InChI=1S/C12H16Cl2N2O3S/c13-8-1-2-9(10(14)11(8)15)20(18,19)16-7-12(3-4-12)5-6-17/h1-2,16-17H,3-7,15H2. The molecule has 0 unspecified atom stereocenters. The van der Waals surface area contributed by atoms with Gasteiger partial charge in [-0.15, -0.1) is 0 Å². The lowest BCUT2D eigenvalue weighted by Crippen LogP contribution is -2.31. The van der Waals surface area contributed by atoms with Gasteiger partial charge in [0.15, 0.2) is 0 Å². The van der Waals surface area contributed by atoms with Crippen molar-refractivity contribution in [2.45, 2.75) is 24.2 Å². The first-order valence-corrected chi connectivity index (χ1v) is 8.39. The molecular formula is C12H16Cl2N2O3S. The van der Waals surface area contributed by atoms with Gasteiger partial charge in [0, 0.05) is 13.2 Å². The van der Waals surface area contributed by atoms with Gasteiger partial charge in [-0.05, 0) is 36.8 Å². The van der Waals surface area contributed by atoms with E-state index >= 15 is 0 Å². The summed E-state index contributed by atoms with van der Waals surface area (Å²) < 4.78 is 27.0. The molecule has 1 fully saturated rings. The van der Waals surface area contributed by atoms with Gasteiger partial charge in [0.25, 0.3) is 0 Å². The topological polar surface area (TPSA) is 92.4 Å². The maximum absolute atomic E-state index is 12.2. The number of rotatable bonds is 6. The van der Waals surface area contributed by atoms with Gasteiger partial charge in [0.05, 0.1) is 15.7 Å². The number of sulfonamides is 1. The van der Waals surface area contributed by atoms with Crippen LogP contribution in [-0.4, -0.2) is 26.7 Å². The van der Waals surface area contributed by atoms with Crippen LogP contribution in [0.25, 0.3) is 0 Å². The van der Waals surface area contributed by atoms with Gasteiger partial charge in [0.2, 0.25) is 10.0 Å². The van der Waals surface area contributed by atoms with E-state index in [0.29, 0.717) is 6.42 Å². The molecule has 2 rings (SSSR count). The first-order valence-electron chi connectivity index (χ1n) is 6.15. The third-order valence-electron chi connectivity index (χ3n) is 3.62. The Balaban J connectivity index is 2.17. The molecule has 0 spiro atoms. The second kappa shape index (κ2) is 5.69. The average Bonchev–Trinajstić information content (AvgIpc) is 3.14. The highest BCUT2D eigenvalue weighted by Crippen LogP contribution is 2.48. The zero-order chi connectivity index (χ0) is 15.0. The highest BCUT2D eigenvalue weighted by Gasteiger charge is 2.42. The Kier molecular flexibility index (Phi) is 4.51. The lowest BCUT2D eigenvalue weighted by atomic mass is 10.0. The predicted molar refractivity (Wildman–Crippen MR) is 79.4 cm³/mol. The van der Waals surface area contributed by atoms with E-state index in [1.807, 2.05) is 0 Å². The number of benzene rings is 1. The number of halogens is 2. The second-order valence-corrected chi connectivity index (χ2v) is 7.59. The molecule has 1 saturated carbocycles. The van der Waals surface area contributed by atoms with Crippen molar-refractivity contribution in [1.82, 2.24) is 4.72 Å². The summed E-state index contributed by atoms with van der Waals surface area (Å²) in [6.07, 6.45) is 2.41. The van der Waals surface area contributed by atoms with Gasteiger partial charge >= 0.3 is 0 Å². The number of hydrogen-bond acceptors (Lipinski definition) is 4. The molecule has 0 heterocycles. The van der Waals surface area contributed by atoms with Crippen molar-refractivity contribution in [3.05, 3.63) is 22.2 Å². The van der Waals surface area contributed by atoms with Crippen molar-refractivity contribution in [1.29, 1.82) is 0 Å². The molecule has 0 aromatic heterocycles. The third-order valence-corrected chi connectivity index (χ3v) is 5.91. The molecule has 1 aromatic carbocycles. The fourth-order valence-electron chi connectivity index (χ4n) is 2.01. The fourth-order valence-corrected chi connectivity index (χ4v) is 3.93. The van der Waals surface area contributed by atoms with Crippen molar-refractivity contribution in [2.75, 3.05) is 18.9 Å². The van der Waals surface area contributed by atoms with Crippen LogP contribution in [0.1, 0.15) is 19.3 Å². The van der Waals surface area contributed by atoms with E-state index in [-0.39, 0.29) is 39.2 Å². The number of nitrogens with one attached hydrogen (secondary N) is 1. The Hall–Kier alpha value is -0.530. The summed E-state index contributed by atoms with van der Waals surface area (Å²) in [4.78, 5) is -0.0825. The Morgan fingerprint density at radius 2 is 2.00 bits per heavy atom. The second-order valence-electron chi connectivity index (χ2n) is 5.07. The van der Waals surface area contributed by atoms with Crippen molar-refractivity contribution in [3.63, 3.8) is 0 Å². The van der Waals surface area contributed by atoms with E-state index < -0.39 is 10.0 Å². The highest BCUT2D eigenvalue weighted by molar-refractivity contribution is 7.89. The molecule has 1 aliphatic carbocycles. The van der Waals surface area contributed by atoms with Crippen LogP contribution in [0.15, 0.2) is 17.0 Å². The molecular weight excluding hydrogens is 323 g/mol. The molecule has 0 atom stereocenters. The lowest BCUT2D eigenvalue weighted by Gasteiger charge is -2.16. The fraction of sp³-hybridized carbons (Fsp3) is 0.500. The van der Waals surface area contributed by atoms with Crippen molar-refractivity contribution < 1.29 is 13.5 Å². The number of anilines is 1. The van der Waals surface area contributed by atoms with Crippen LogP contribution in [0.4, 0.5) is 5.69 Å². The lowest BCUT2D eigenvalue weighted by molar-refractivity contribution is 0.249. The minimum absolute atomic E-state index is 0.0488. The number of hydrogen-bond donors (Lipinski definition) is 3. The highest BCUT2D eigenvalue weighted by atomic mass is 35.5. The van der Waals surface area contributed by atoms with Gasteiger partial charge in [-0.3, -0.25) is 0 Å². The molecule has 0 saturated heterocycles. The molecule has 1 aromatic rings. The van der Waals surface area contributed by atoms with Gasteiger partial charge in [-0.25, -0.2) is 13.1 Å². The third kappa shape index (κ3) is 3.20. The number of nitrogen functional groups attached to an aromatic ring is 1. The first-order chi connectivity index (χ1) is 9.31. The number of nitrogens with two attached hydrogens (primary N) is 1. The number of aliphatic hydroxyl groups excluding tert-OH is 1. The maximum Gasteiger partial charge on any atom is 0.242 e. The van der Waals surface area contributed by atoms with E-state index in [9.17, 15) is 8.42 Å². The van der Waals surface area contributed by atoms with Crippen LogP contribution < -0.4 is 10.5 Å². The Morgan fingerprint density at radius 1 is 1.35 bits per heavy atom. The maximum atomic E-state index is 12.2. The van der Waals surface area contributed by atoms with Crippen LogP contribution in [0.5, 0.6) is 0 Å². The van der Waals surface area contributed by atoms with Crippen molar-refractivity contribution >= 4 is 38.9 Å². The molecule has 4 N–H and O–H groups in total. The molecule has 5 nitrogen and oxygen atoms in total. The Morgan fingerprint density at radius 3 is 2.55 bits per heavy atom. The summed E-state index contributed by atoms with van der Waals surface area (Å²) in [5.41, 5.74) is 5.56. The van der Waals surface area contributed by atoms with Crippen LogP contribution in [-0.2, 0) is 10.0 Å². The summed E-state index contributed by atoms with van der Waals surface area (Å²) in [5.74, 6) is 0. The summed E-state index contributed by atoms with van der Waals surface area (Å²) in [5, 5.41) is 9.11. The smallest absolute Gasteiger partial charge is 0.242 e. The van der Waals surface area contributed by atoms with Crippen molar-refractivity contribution in [3.8, 4) is 0 Å². The van der Waals surface area contributed by atoms with Gasteiger partial charge in [0.1, 0.15) is 4.90 Å². The summed E-state index contributed by atoms with van der Waals surface area (Å²) in [7, 11) is -3.74. The molecule has 0 amide bonds. The molecule has 8 heteroatoms. The van der Waals surface area contributed by atoms with Crippen LogP contribution in [0.2, 0.25) is 10.0 Å². The zero-order valence-electron chi connectivity index (χ0n) is 10.7. The molecule has 0 aliphatic heterocycles. The van der Waals surface area contributed by atoms with E-state index in [4.69, 9.17) is 34.0 Å². The number of aliphatic hydroxyl groups is 1. The summed E-state index contributed by atoms with van der Waals surface area (Å²) in [6, 6.07) is 2.73. The minimum Gasteiger partial charge on any atom is -0.396 e. The largest absolute Gasteiger partial charge is 0.396 e. The van der Waals surface area contributed by atoms with Crippen LogP contribution in [0, 0.1) is 5.41 Å². The zero-order valence-corrected chi connectivity index (χ0v) is 13.0. The molecule has 112 valence electrons. The van der Waals surface area contributed by atoms with E-state index in [1.165, 1.54) is 12.1 Å². The molecule has 0 bridgehead atoms. The molecule has 1 aliphatic rings. The minimum atomic E-state index is -3.74. The Bertz CT molecular complexity index is 615. The van der Waals surface area contributed by atoms with Crippen LogP contribution in [0.3, 0.4) is 0 Å². The normalized spacial score (nSPS) is 17.1.